The minimum Gasteiger partial charge on any atom is -0.376 e. The second-order valence-corrected chi connectivity index (χ2v) is 10.8. The van der Waals surface area contributed by atoms with E-state index >= 15 is 0 Å². The number of urea groups is 1. The smallest absolute Gasteiger partial charge is 0.318 e. The van der Waals surface area contributed by atoms with Gasteiger partial charge in [0.15, 0.2) is 0 Å². The molecule has 1 saturated heterocycles. The molecule has 1 aliphatic heterocycles. The van der Waals surface area contributed by atoms with Gasteiger partial charge in [-0.1, -0.05) is 30.3 Å². The summed E-state index contributed by atoms with van der Waals surface area (Å²) in [5.74, 6) is 0.581. The van der Waals surface area contributed by atoms with Gasteiger partial charge in [0.1, 0.15) is 0 Å². The molecule has 30 heavy (non-hydrogen) atoms. The van der Waals surface area contributed by atoms with Gasteiger partial charge in [0.25, 0.3) is 0 Å². The quantitative estimate of drug-likeness (QED) is 0.689. The van der Waals surface area contributed by atoms with Gasteiger partial charge in [0, 0.05) is 18.6 Å². The Kier molecular flexibility index (Phi) is 6.65. The maximum absolute atomic E-state index is 12.7. The van der Waals surface area contributed by atoms with Gasteiger partial charge < -0.3 is 15.0 Å². The number of carbonyl (C=O) groups is 1. The van der Waals surface area contributed by atoms with E-state index < -0.39 is 10.0 Å². The Morgan fingerprint density at radius 3 is 2.40 bits per heavy atom. The van der Waals surface area contributed by atoms with Crippen LogP contribution in [0.4, 0.5) is 4.79 Å². The lowest BCUT2D eigenvalue weighted by Gasteiger charge is -2.33. The summed E-state index contributed by atoms with van der Waals surface area (Å²) in [5.41, 5.74) is 1.40. The van der Waals surface area contributed by atoms with Crippen molar-refractivity contribution in [2.24, 2.45) is 0 Å². The molecule has 2 unspecified atom stereocenters. The molecule has 2 saturated carbocycles. The molecule has 0 radical (unpaired) electrons. The van der Waals surface area contributed by atoms with Crippen molar-refractivity contribution in [3.8, 4) is 0 Å². The minimum atomic E-state index is -3.35. The molecule has 1 heterocycles. The Hall–Kier alpha value is -1.64. The number of amides is 2. The minimum absolute atomic E-state index is 0.100. The number of benzene rings is 1. The molecule has 0 bridgehead atoms. The van der Waals surface area contributed by atoms with Crippen LogP contribution in [0.15, 0.2) is 30.3 Å². The first-order valence-corrected chi connectivity index (χ1v) is 13.0. The summed E-state index contributed by atoms with van der Waals surface area (Å²) in [4.78, 5) is 14.4. The lowest BCUT2D eigenvalue weighted by molar-refractivity contribution is -0.000671. The number of rotatable bonds is 7. The van der Waals surface area contributed by atoms with Crippen LogP contribution in [0.25, 0.3) is 0 Å². The number of hydrogen-bond donors (Lipinski definition) is 2. The van der Waals surface area contributed by atoms with E-state index in [2.05, 4.69) is 34.3 Å². The van der Waals surface area contributed by atoms with Gasteiger partial charge in [0.2, 0.25) is 10.0 Å². The van der Waals surface area contributed by atoms with Gasteiger partial charge in [0.05, 0.1) is 25.0 Å². The monoisotopic (exact) mass is 435 g/mol. The van der Waals surface area contributed by atoms with Crippen molar-refractivity contribution in [2.75, 3.05) is 19.4 Å². The number of nitrogens with zero attached hydrogens (tertiary/aromatic N) is 1. The highest BCUT2D eigenvalue weighted by Crippen LogP contribution is 2.34. The summed E-state index contributed by atoms with van der Waals surface area (Å²) >= 11 is 0. The number of likely N-dealkylation sites (tertiary alicyclic amines) is 1. The SMILES string of the molecule is CS(=O)(=O)NC1CCN(C(=O)NC2CC2)C1COC1CCC(c2ccccc2)CC1. The second kappa shape index (κ2) is 9.24. The highest BCUT2D eigenvalue weighted by molar-refractivity contribution is 7.88. The summed E-state index contributed by atoms with van der Waals surface area (Å²) in [5, 5.41) is 3.03. The van der Waals surface area contributed by atoms with Gasteiger partial charge in [-0.05, 0) is 56.4 Å². The van der Waals surface area contributed by atoms with Gasteiger partial charge in [-0.3, -0.25) is 0 Å². The predicted octanol–water partition coefficient (Wildman–Crippen LogP) is 2.59. The lowest BCUT2D eigenvalue weighted by atomic mass is 9.83. The third-order valence-corrected chi connectivity index (χ3v) is 7.26. The van der Waals surface area contributed by atoms with Gasteiger partial charge in [-0.2, -0.15) is 0 Å². The Morgan fingerprint density at radius 1 is 1.07 bits per heavy atom. The summed E-state index contributed by atoms with van der Waals surface area (Å²) in [6, 6.07) is 10.2. The largest absolute Gasteiger partial charge is 0.376 e. The summed E-state index contributed by atoms with van der Waals surface area (Å²) < 4.78 is 32.6. The maximum Gasteiger partial charge on any atom is 0.318 e. The fourth-order valence-electron chi connectivity index (χ4n) is 4.73. The fourth-order valence-corrected chi connectivity index (χ4v) is 5.56. The number of carbonyl (C=O) groups excluding carboxylic acids is 1. The van der Waals surface area contributed by atoms with E-state index in [9.17, 15) is 13.2 Å². The Bertz CT molecular complexity index is 820. The maximum atomic E-state index is 12.7. The molecule has 4 rings (SSSR count). The average molecular weight is 436 g/mol. The molecule has 3 fully saturated rings. The molecule has 2 amide bonds. The molecule has 0 spiro atoms. The molecular weight excluding hydrogens is 402 g/mol. The normalized spacial score (nSPS) is 29.7. The molecule has 2 N–H and O–H groups in total. The van der Waals surface area contributed by atoms with Crippen LogP contribution >= 0.6 is 0 Å². The number of hydrogen-bond acceptors (Lipinski definition) is 4. The molecule has 0 aromatic heterocycles. The number of ether oxygens (including phenoxy) is 1. The molecule has 2 atom stereocenters. The van der Waals surface area contributed by atoms with Crippen molar-refractivity contribution in [2.45, 2.75) is 75.1 Å². The Balaban J connectivity index is 1.33. The van der Waals surface area contributed by atoms with Crippen molar-refractivity contribution in [1.82, 2.24) is 14.9 Å². The van der Waals surface area contributed by atoms with Crippen molar-refractivity contribution in [3.63, 3.8) is 0 Å². The summed E-state index contributed by atoms with van der Waals surface area (Å²) in [7, 11) is -3.35. The standard InChI is InChI=1S/C22H33N3O4S/c1-30(27,28)24-20-13-14-25(22(26)23-18-9-10-18)21(20)15-29-19-11-7-17(8-12-19)16-5-3-2-4-6-16/h2-6,17-21,24H,7-15H2,1H3,(H,23,26). The fraction of sp³-hybridized carbons (Fsp3) is 0.682. The van der Waals surface area contributed by atoms with Gasteiger partial charge >= 0.3 is 6.03 Å². The molecule has 3 aliphatic rings. The van der Waals surface area contributed by atoms with Crippen LogP contribution in [0.2, 0.25) is 0 Å². The van der Waals surface area contributed by atoms with E-state index in [-0.39, 0.29) is 30.3 Å². The Labute approximate surface area is 179 Å². The van der Waals surface area contributed by atoms with Crippen LogP contribution in [0.5, 0.6) is 0 Å². The summed E-state index contributed by atoms with van der Waals surface area (Å²) in [6.45, 7) is 0.909. The molecule has 1 aromatic carbocycles. The average Bonchev–Trinajstić information content (AvgIpc) is 3.45. The van der Waals surface area contributed by atoms with E-state index in [0.29, 0.717) is 25.5 Å². The highest BCUT2D eigenvalue weighted by atomic mass is 32.2. The van der Waals surface area contributed by atoms with E-state index in [1.165, 1.54) is 11.8 Å². The van der Waals surface area contributed by atoms with Crippen molar-refractivity contribution < 1.29 is 17.9 Å². The first kappa shape index (κ1) is 21.6. The van der Waals surface area contributed by atoms with Crippen molar-refractivity contribution in [3.05, 3.63) is 35.9 Å². The third kappa shape index (κ3) is 5.74. The van der Waals surface area contributed by atoms with Crippen LogP contribution in [0, 0.1) is 0 Å². The molecule has 7 nitrogen and oxygen atoms in total. The van der Waals surface area contributed by atoms with E-state index in [4.69, 9.17) is 4.74 Å². The first-order chi connectivity index (χ1) is 14.4. The zero-order chi connectivity index (χ0) is 21.1. The Morgan fingerprint density at radius 2 is 1.77 bits per heavy atom. The van der Waals surface area contributed by atoms with Crippen LogP contribution in [-0.4, -0.2) is 63.0 Å². The van der Waals surface area contributed by atoms with Crippen LogP contribution < -0.4 is 10.0 Å². The van der Waals surface area contributed by atoms with E-state index in [1.807, 2.05) is 6.07 Å². The number of sulfonamides is 1. The van der Waals surface area contributed by atoms with Gasteiger partial charge in [-0.15, -0.1) is 0 Å². The van der Waals surface area contributed by atoms with Crippen LogP contribution in [-0.2, 0) is 14.8 Å². The predicted molar refractivity (Wildman–Crippen MR) is 116 cm³/mol. The summed E-state index contributed by atoms with van der Waals surface area (Å²) in [6.07, 6.45) is 8.16. The highest BCUT2D eigenvalue weighted by Gasteiger charge is 2.40. The van der Waals surface area contributed by atoms with Crippen molar-refractivity contribution in [1.29, 1.82) is 0 Å². The third-order valence-electron chi connectivity index (χ3n) is 6.52. The molecule has 166 valence electrons. The zero-order valence-electron chi connectivity index (χ0n) is 17.6. The second-order valence-electron chi connectivity index (χ2n) is 8.99. The lowest BCUT2D eigenvalue weighted by Crippen LogP contribution is -2.52. The zero-order valence-corrected chi connectivity index (χ0v) is 18.4. The van der Waals surface area contributed by atoms with Crippen LogP contribution in [0.1, 0.15) is 56.4 Å². The molecule has 1 aromatic rings. The van der Waals surface area contributed by atoms with Crippen molar-refractivity contribution >= 4 is 16.1 Å². The molecule has 8 heteroatoms. The topological polar surface area (TPSA) is 87.7 Å². The molecular formula is C22H33N3O4S. The van der Waals surface area contributed by atoms with Crippen LogP contribution in [0.3, 0.4) is 0 Å². The molecule has 2 aliphatic carbocycles. The van der Waals surface area contributed by atoms with E-state index in [0.717, 1.165) is 38.5 Å². The van der Waals surface area contributed by atoms with Gasteiger partial charge in [-0.25, -0.2) is 17.9 Å². The first-order valence-electron chi connectivity index (χ1n) is 11.1. The van der Waals surface area contributed by atoms with E-state index in [1.54, 1.807) is 4.90 Å². The number of nitrogens with one attached hydrogen (secondary N) is 2.